The van der Waals surface area contributed by atoms with Crippen molar-refractivity contribution in [3.63, 3.8) is 0 Å². The van der Waals surface area contributed by atoms with Gasteiger partial charge in [-0.3, -0.25) is 9.69 Å². The van der Waals surface area contributed by atoms with Crippen molar-refractivity contribution in [2.24, 2.45) is 10.9 Å². The van der Waals surface area contributed by atoms with E-state index in [9.17, 15) is 4.79 Å². The molecule has 160 valence electrons. The van der Waals surface area contributed by atoms with Crippen LogP contribution >= 0.6 is 46.6 Å². The molecule has 0 N–H and O–H groups in total. The number of ether oxygens (including phenoxy) is 1. The second-order valence-corrected chi connectivity index (χ2v) is 9.36. The van der Waals surface area contributed by atoms with E-state index in [1.807, 2.05) is 26.0 Å². The fourth-order valence-corrected chi connectivity index (χ4v) is 4.56. The molecule has 1 heterocycles. The zero-order valence-electron chi connectivity index (χ0n) is 16.9. The Kier molecular flexibility index (Phi) is 7.96. The molecule has 3 rings (SSSR count). The molecule has 0 atom stereocenters. The molecule has 0 bridgehead atoms. The number of thioether (sulfide) groups is 1. The minimum atomic E-state index is -0.119. The molecule has 0 unspecified atom stereocenters. The molecular weight excluding hydrogens is 475 g/mol. The molecule has 0 aromatic heterocycles. The number of terminal acetylenes is 1. The summed E-state index contributed by atoms with van der Waals surface area (Å²) in [4.78, 5) is 20.0. The summed E-state index contributed by atoms with van der Waals surface area (Å²) < 4.78 is 5.39. The number of carbonyl (C=O) groups is 1. The van der Waals surface area contributed by atoms with Crippen LogP contribution in [0.4, 0.5) is 5.69 Å². The van der Waals surface area contributed by atoms with E-state index in [-0.39, 0.29) is 18.4 Å². The number of hydrogen-bond donors (Lipinski definition) is 0. The lowest BCUT2D eigenvalue weighted by atomic mass is 10.2. The highest BCUT2D eigenvalue weighted by atomic mass is 35.5. The van der Waals surface area contributed by atoms with Crippen molar-refractivity contribution < 1.29 is 9.53 Å². The molecule has 31 heavy (non-hydrogen) atoms. The Balaban J connectivity index is 1.94. The molecule has 2 aromatic carbocycles. The smallest absolute Gasteiger partial charge is 0.266 e. The molecule has 1 amide bonds. The largest absolute Gasteiger partial charge is 0.478 e. The molecular formula is C23H19Cl3N2O2S. The predicted octanol–water partition coefficient (Wildman–Crippen LogP) is 6.92. The van der Waals surface area contributed by atoms with Crippen molar-refractivity contribution in [2.75, 3.05) is 13.2 Å². The van der Waals surface area contributed by atoms with Gasteiger partial charge >= 0.3 is 0 Å². The molecule has 1 aliphatic heterocycles. The Morgan fingerprint density at radius 1 is 1.19 bits per heavy atom. The van der Waals surface area contributed by atoms with Gasteiger partial charge in [0.25, 0.3) is 5.91 Å². The first-order chi connectivity index (χ1) is 14.8. The van der Waals surface area contributed by atoms with Crippen LogP contribution in [0.3, 0.4) is 0 Å². The molecule has 8 heteroatoms. The first-order valence-corrected chi connectivity index (χ1v) is 11.3. The van der Waals surface area contributed by atoms with Gasteiger partial charge < -0.3 is 4.74 Å². The number of amides is 1. The van der Waals surface area contributed by atoms with Gasteiger partial charge in [0, 0.05) is 11.6 Å². The van der Waals surface area contributed by atoms with Crippen LogP contribution in [0.2, 0.25) is 15.1 Å². The Labute approximate surface area is 201 Å². The van der Waals surface area contributed by atoms with E-state index in [1.165, 1.54) is 11.8 Å². The Hall–Kier alpha value is -2.10. The van der Waals surface area contributed by atoms with Crippen molar-refractivity contribution in [1.29, 1.82) is 0 Å². The van der Waals surface area contributed by atoms with Gasteiger partial charge in [0.05, 0.1) is 20.6 Å². The highest BCUT2D eigenvalue weighted by Crippen LogP contribution is 2.38. The predicted molar refractivity (Wildman–Crippen MR) is 131 cm³/mol. The molecule has 0 aliphatic carbocycles. The zero-order chi connectivity index (χ0) is 22.5. The number of aliphatic imine (C=N–C) groups is 1. The van der Waals surface area contributed by atoms with E-state index in [2.05, 4.69) is 10.9 Å². The van der Waals surface area contributed by atoms with E-state index < -0.39 is 0 Å². The highest BCUT2D eigenvalue weighted by molar-refractivity contribution is 8.18. The van der Waals surface area contributed by atoms with Crippen LogP contribution in [0.5, 0.6) is 5.75 Å². The van der Waals surface area contributed by atoms with Gasteiger partial charge in [-0.25, -0.2) is 4.99 Å². The minimum absolute atomic E-state index is 0.0584. The number of carbonyl (C=O) groups excluding carboxylic acids is 1. The average Bonchev–Trinajstić information content (AvgIpc) is 2.97. The topological polar surface area (TPSA) is 41.9 Å². The summed E-state index contributed by atoms with van der Waals surface area (Å²) in [7, 11) is 0. The third-order valence-electron chi connectivity index (χ3n) is 4.11. The average molecular weight is 494 g/mol. The van der Waals surface area contributed by atoms with Gasteiger partial charge in [0.2, 0.25) is 0 Å². The summed E-state index contributed by atoms with van der Waals surface area (Å²) in [5.74, 6) is 2.85. The third-order valence-corrected chi connectivity index (χ3v) is 5.93. The molecule has 0 saturated carbocycles. The van der Waals surface area contributed by atoms with Gasteiger partial charge in [-0.1, -0.05) is 54.6 Å². The fourth-order valence-electron chi connectivity index (χ4n) is 2.81. The van der Waals surface area contributed by atoms with Crippen molar-refractivity contribution in [3.05, 3.63) is 61.9 Å². The normalized spacial score (nSPS) is 16.4. The van der Waals surface area contributed by atoms with E-state index in [0.29, 0.717) is 43.0 Å². The van der Waals surface area contributed by atoms with Crippen LogP contribution in [-0.4, -0.2) is 29.1 Å². The summed E-state index contributed by atoms with van der Waals surface area (Å²) in [6.07, 6.45) is 6.96. The van der Waals surface area contributed by atoms with Crippen LogP contribution in [0, 0.1) is 18.3 Å². The number of halogens is 3. The second-order valence-electron chi connectivity index (χ2n) is 7.10. The lowest BCUT2D eigenvalue weighted by molar-refractivity contribution is -0.122. The van der Waals surface area contributed by atoms with Gasteiger partial charge in [0.1, 0.15) is 6.61 Å². The maximum atomic E-state index is 13.1. The summed E-state index contributed by atoms with van der Waals surface area (Å²) in [5, 5.41) is 1.87. The third kappa shape index (κ3) is 5.99. The summed E-state index contributed by atoms with van der Waals surface area (Å²) in [5.41, 5.74) is 1.40. The lowest BCUT2D eigenvalue weighted by Gasteiger charge is -2.17. The van der Waals surface area contributed by atoms with Crippen LogP contribution in [0.25, 0.3) is 6.08 Å². The molecule has 0 radical (unpaired) electrons. The molecule has 1 fully saturated rings. The maximum absolute atomic E-state index is 13.1. The van der Waals surface area contributed by atoms with Crippen molar-refractivity contribution in [2.45, 2.75) is 13.8 Å². The fraction of sp³-hybridized carbons (Fsp3) is 0.217. The Bertz CT molecular complexity index is 1070. The van der Waals surface area contributed by atoms with Gasteiger partial charge in [-0.15, -0.1) is 6.42 Å². The van der Waals surface area contributed by atoms with Gasteiger partial charge in [-0.2, -0.15) is 0 Å². The molecule has 4 nitrogen and oxygen atoms in total. The molecule has 1 aliphatic rings. The molecule has 1 saturated heterocycles. The summed E-state index contributed by atoms with van der Waals surface area (Å²) in [6, 6.07) is 10.5. The number of nitrogens with zero attached hydrogens (tertiary/aromatic N) is 2. The number of amidine groups is 1. The first kappa shape index (κ1) is 23.6. The zero-order valence-corrected chi connectivity index (χ0v) is 19.9. The molecule has 2 aromatic rings. The Morgan fingerprint density at radius 3 is 2.42 bits per heavy atom. The van der Waals surface area contributed by atoms with Crippen LogP contribution in [0.15, 0.2) is 46.3 Å². The maximum Gasteiger partial charge on any atom is 0.266 e. The minimum Gasteiger partial charge on any atom is -0.478 e. The van der Waals surface area contributed by atoms with E-state index >= 15 is 0 Å². The van der Waals surface area contributed by atoms with Crippen LogP contribution < -0.4 is 4.74 Å². The number of rotatable bonds is 6. The lowest BCUT2D eigenvalue weighted by Crippen LogP contribution is -2.32. The van der Waals surface area contributed by atoms with Crippen molar-refractivity contribution >= 4 is 69.4 Å². The van der Waals surface area contributed by atoms with E-state index in [4.69, 9.17) is 46.0 Å². The first-order valence-electron chi connectivity index (χ1n) is 9.39. The van der Waals surface area contributed by atoms with Crippen molar-refractivity contribution in [3.8, 4) is 18.1 Å². The second kappa shape index (κ2) is 10.5. The summed E-state index contributed by atoms with van der Waals surface area (Å²) >= 11 is 19.9. The highest BCUT2D eigenvalue weighted by Gasteiger charge is 2.33. The van der Waals surface area contributed by atoms with Crippen molar-refractivity contribution in [1.82, 2.24) is 4.90 Å². The SMILES string of the molecule is C#CCOc1c(Cl)cc(/C=C2\SC(=Nc3ccc(Cl)cc3)N(CC(C)C)C2=O)cc1Cl. The van der Waals surface area contributed by atoms with Gasteiger partial charge in [-0.05, 0) is 65.7 Å². The Morgan fingerprint density at radius 2 is 1.84 bits per heavy atom. The summed E-state index contributed by atoms with van der Waals surface area (Å²) in [6.45, 7) is 4.71. The van der Waals surface area contributed by atoms with Crippen LogP contribution in [0.1, 0.15) is 19.4 Å². The van der Waals surface area contributed by atoms with Crippen LogP contribution in [-0.2, 0) is 4.79 Å². The van der Waals surface area contributed by atoms with E-state index in [0.717, 1.165) is 5.69 Å². The monoisotopic (exact) mass is 492 g/mol. The molecule has 0 spiro atoms. The van der Waals surface area contributed by atoms with Gasteiger partial charge in [0.15, 0.2) is 10.9 Å². The standard InChI is InChI=1S/C23H19Cl3N2O2S/c1-4-9-30-21-18(25)10-15(11-19(21)26)12-20-22(29)28(13-14(2)3)23(31-20)27-17-7-5-16(24)6-8-17/h1,5-8,10-12,14H,9,13H2,2-3H3/b20-12-,27-23?. The quantitative estimate of drug-likeness (QED) is 0.324. The number of hydrogen-bond acceptors (Lipinski definition) is 4. The van der Waals surface area contributed by atoms with E-state index in [1.54, 1.807) is 35.2 Å². The number of benzene rings is 2.